The molecule has 2 heterocycles. The summed E-state index contributed by atoms with van der Waals surface area (Å²) < 4.78 is 28.1. The molecule has 132 valence electrons. The standard InChI is InChI=1S/C20H23NO2S2/c1-15-7-9-17(10-8-15)25(22,23)21-13-11-18-19(21)12-14-24-20(18)16-5-3-2-4-6-16/h2-10,18-20H,11-14H2,1H3/t18-,19-,20-/m0/s1. The van der Waals surface area contributed by atoms with Gasteiger partial charge >= 0.3 is 0 Å². The van der Waals surface area contributed by atoms with Gasteiger partial charge in [-0.1, -0.05) is 48.0 Å². The molecule has 3 nitrogen and oxygen atoms in total. The van der Waals surface area contributed by atoms with Crippen molar-refractivity contribution in [2.24, 2.45) is 5.92 Å². The number of hydrogen-bond acceptors (Lipinski definition) is 3. The summed E-state index contributed by atoms with van der Waals surface area (Å²) in [5.41, 5.74) is 2.41. The molecule has 25 heavy (non-hydrogen) atoms. The normalized spacial score (nSPS) is 27.2. The zero-order valence-electron chi connectivity index (χ0n) is 14.3. The van der Waals surface area contributed by atoms with E-state index in [1.807, 2.05) is 36.9 Å². The Labute approximate surface area is 154 Å². The van der Waals surface area contributed by atoms with Gasteiger partial charge in [-0.15, -0.1) is 0 Å². The monoisotopic (exact) mass is 373 g/mol. The van der Waals surface area contributed by atoms with E-state index in [2.05, 4.69) is 24.3 Å². The lowest BCUT2D eigenvalue weighted by atomic mass is 9.90. The minimum atomic E-state index is -3.41. The van der Waals surface area contributed by atoms with Gasteiger partial charge in [0.2, 0.25) is 10.0 Å². The number of thioether (sulfide) groups is 1. The molecule has 0 bridgehead atoms. The molecule has 5 heteroatoms. The van der Waals surface area contributed by atoms with E-state index in [0.29, 0.717) is 22.6 Å². The van der Waals surface area contributed by atoms with Gasteiger partial charge in [-0.25, -0.2) is 8.42 Å². The van der Waals surface area contributed by atoms with Crippen molar-refractivity contribution < 1.29 is 8.42 Å². The first-order valence-electron chi connectivity index (χ1n) is 8.82. The maximum atomic E-state index is 13.2. The van der Waals surface area contributed by atoms with Gasteiger partial charge in [0.1, 0.15) is 0 Å². The van der Waals surface area contributed by atoms with Crippen molar-refractivity contribution in [2.45, 2.75) is 36.0 Å². The Morgan fingerprint density at radius 3 is 2.44 bits per heavy atom. The van der Waals surface area contributed by atoms with Crippen LogP contribution in [0, 0.1) is 12.8 Å². The molecule has 3 atom stereocenters. The van der Waals surface area contributed by atoms with E-state index in [-0.39, 0.29) is 6.04 Å². The Bertz CT molecular complexity index is 834. The van der Waals surface area contributed by atoms with Crippen LogP contribution in [0.25, 0.3) is 0 Å². The van der Waals surface area contributed by atoms with Crippen LogP contribution in [0.1, 0.15) is 29.2 Å². The molecule has 0 saturated carbocycles. The lowest BCUT2D eigenvalue weighted by Crippen LogP contribution is -2.41. The van der Waals surface area contributed by atoms with Crippen LogP contribution >= 0.6 is 11.8 Å². The largest absolute Gasteiger partial charge is 0.243 e. The van der Waals surface area contributed by atoms with Crippen molar-refractivity contribution in [3.05, 3.63) is 65.7 Å². The average molecular weight is 374 g/mol. The zero-order chi connectivity index (χ0) is 17.4. The van der Waals surface area contributed by atoms with Gasteiger partial charge in [-0.2, -0.15) is 16.1 Å². The minimum Gasteiger partial charge on any atom is -0.207 e. The number of aryl methyl sites for hydroxylation is 1. The summed E-state index contributed by atoms with van der Waals surface area (Å²) in [5.74, 6) is 1.42. The fraction of sp³-hybridized carbons (Fsp3) is 0.400. The molecule has 0 spiro atoms. The predicted octanol–water partition coefficient (Wildman–Crippen LogP) is 4.25. The van der Waals surface area contributed by atoms with Crippen molar-refractivity contribution in [3.8, 4) is 0 Å². The lowest BCUT2D eigenvalue weighted by molar-refractivity contribution is 0.317. The molecule has 4 rings (SSSR count). The molecule has 0 N–H and O–H groups in total. The van der Waals surface area contributed by atoms with E-state index in [0.717, 1.165) is 24.2 Å². The average Bonchev–Trinajstić information content (AvgIpc) is 3.08. The fourth-order valence-corrected chi connectivity index (χ4v) is 7.39. The van der Waals surface area contributed by atoms with Crippen molar-refractivity contribution in [2.75, 3.05) is 12.3 Å². The molecule has 0 unspecified atom stereocenters. The highest BCUT2D eigenvalue weighted by Crippen LogP contribution is 2.49. The number of hydrogen-bond donors (Lipinski definition) is 0. The van der Waals surface area contributed by atoms with Crippen LogP contribution in [0.5, 0.6) is 0 Å². The van der Waals surface area contributed by atoms with Gasteiger partial charge in [0.05, 0.1) is 4.90 Å². The Morgan fingerprint density at radius 1 is 1.00 bits per heavy atom. The highest BCUT2D eigenvalue weighted by Gasteiger charge is 2.46. The van der Waals surface area contributed by atoms with Crippen LogP contribution in [0.4, 0.5) is 0 Å². The molecule has 0 amide bonds. The van der Waals surface area contributed by atoms with E-state index in [4.69, 9.17) is 0 Å². The van der Waals surface area contributed by atoms with E-state index >= 15 is 0 Å². The van der Waals surface area contributed by atoms with Gasteiger partial charge in [0.15, 0.2) is 0 Å². The van der Waals surface area contributed by atoms with Crippen molar-refractivity contribution >= 4 is 21.8 Å². The maximum absolute atomic E-state index is 13.2. The predicted molar refractivity (Wildman–Crippen MR) is 103 cm³/mol. The Kier molecular flexibility index (Phi) is 4.65. The van der Waals surface area contributed by atoms with Crippen molar-refractivity contribution in [1.82, 2.24) is 4.31 Å². The summed E-state index contributed by atoms with van der Waals surface area (Å²) >= 11 is 1.98. The quantitative estimate of drug-likeness (QED) is 0.807. The Morgan fingerprint density at radius 2 is 1.72 bits per heavy atom. The molecule has 2 aliphatic heterocycles. The van der Waals surface area contributed by atoms with Crippen LogP contribution in [0.15, 0.2) is 59.5 Å². The number of nitrogens with zero attached hydrogens (tertiary/aromatic N) is 1. The third kappa shape index (κ3) is 3.14. The first-order valence-corrected chi connectivity index (χ1v) is 11.3. The topological polar surface area (TPSA) is 37.4 Å². The summed E-state index contributed by atoms with van der Waals surface area (Å²) in [5, 5.41) is 0.401. The van der Waals surface area contributed by atoms with Crippen molar-refractivity contribution in [3.63, 3.8) is 0 Å². The van der Waals surface area contributed by atoms with Crippen molar-refractivity contribution in [1.29, 1.82) is 0 Å². The number of rotatable bonds is 3. The summed E-state index contributed by atoms with van der Waals surface area (Å²) in [6, 6.07) is 17.9. The number of fused-ring (bicyclic) bond motifs is 1. The molecule has 0 aliphatic carbocycles. The smallest absolute Gasteiger partial charge is 0.207 e. The Hall–Kier alpha value is -1.30. The maximum Gasteiger partial charge on any atom is 0.243 e. The van der Waals surface area contributed by atoms with Gasteiger partial charge < -0.3 is 0 Å². The molecule has 2 aromatic carbocycles. The van der Waals surface area contributed by atoms with Crippen LogP contribution < -0.4 is 0 Å². The summed E-state index contributed by atoms with van der Waals surface area (Å²) in [4.78, 5) is 0.424. The first kappa shape index (κ1) is 17.1. The highest BCUT2D eigenvalue weighted by atomic mass is 32.2. The highest BCUT2D eigenvalue weighted by molar-refractivity contribution is 7.99. The van der Waals surface area contributed by atoms with E-state index in [9.17, 15) is 8.42 Å². The first-order chi connectivity index (χ1) is 12.1. The molecule has 2 saturated heterocycles. The fourth-order valence-electron chi connectivity index (χ4n) is 4.13. The second-order valence-electron chi connectivity index (χ2n) is 6.94. The summed E-state index contributed by atoms with van der Waals surface area (Å²) in [6.07, 6.45) is 1.89. The second kappa shape index (κ2) is 6.78. The van der Waals surface area contributed by atoms with E-state index < -0.39 is 10.0 Å². The minimum absolute atomic E-state index is 0.123. The molecular weight excluding hydrogens is 350 g/mol. The summed E-state index contributed by atoms with van der Waals surface area (Å²) in [7, 11) is -3.41. The van der Waals surface area contributed by atoms with E-state index in [1.54, 1.807) is 16.4 Å². The Balaban J connectivity index is 1.62. The van der Waals surface area contributed by atoms with Gasteiger partial charge in [-0.05, 0) is 49.1 Å². The molecule has 2 aliphatic rings. The zero-order valence-corrected chi connectivity index (χ0v) is 16.0. The van der Waals surface area contributed by atoms with Crippen LogP contribution in [0.3, 0.4) is 0 Å². The molecule has 2 aromatic rings. The second-order valence-corrected chi connectivity index (χ2v) is 10.1. The van der Waals surface area contributed by atoms with Gasteiger partial charge in [0.25, 0.3) is 0 Å². The van der Waals surface area contributed by atoms with Crippen LogP contribution in [0.2, 0.25) is 0 Å². The van der Waals surface area contributed by atoms with Gasteiger partial charge in [-0.3, -0.25) is 0 Å². The van der Waals surface area contributed by atoms with Crippen LogP contribution in [-0.4, -0.2) is 31.1 Å². The third-order valence-electron chi connectivity index (χ3n) is 5.40. The third-order valence-corrected chi connectivity index (χ3v) is 8.79. The number of sulfonamides is 1. The summed E-state index contributed by atoms with van der Waals surface area (Å²) in [6.45, 7) is 2.61. The lowest BCUT2D eigenvalue weighted by Gasteiger charge is -2.36. The number of benzene rings is 2. The molecule has 0 aromatic heterocycles. The molecule has 0 radical (unpaired) electrons. The SMILES string of the molecule is Cc1ccc(S(=O)(=O)N2CC[C@@H]3[C@H](c4ccccc4)SCC[C@@H]32)cc1. The molecule has 2 fully saturated rings. The van der Waals surface area contributed by atoms with Crippen LogP contribution in [-0.2, 0) is 10.0 Å². The van der Waals surface area contributed by atoms with Gasteiger partial charge in [0, 0.05) is 17.8 Å². The molecular formula is C20H23NO2S2. The van der Waals surface area contributed by atoms with E-state index in [1.165, 1.54) is 5.56 Å².